The summed E-state index contributed by atoms with van der Waals surface area (Å²) >= 11 is 0. The smallest absolute Gasteiger partial charge is 0.191 e. The van der Waals surface area contributed by atoms with Crippen LogP contribution in [0.2, 0.25) is 0 Å². The SMILES string of the molecule is CN=C(NCCCOC1CCCC1)NCc1ccccc1CN1CCOCC1.I. The highest BCUT2D eigenvalue weighted by Gasteiger charge is 2.15. The fourth-order valence-corrected chi connectivity index (χ4v) is 3.87. The van der Waals surface area contributed by atoms with Gasteiger partial charge in [-0.05, 0) is 30.4 Å². The quantitative estimate of drug-likeness (QED) is 0.229. The van der Waals surface area contributed by atoms with Crippen molar-refractivity contribution >= 4 is 29.9 Å². The largest absolute Gasteiger partial charge is 0.379 e. The zero-order chi connectivity index (χ0) is 19.4. The van der Waals surface area contributed by atoms with Gasteiger partial charge in [-0.15, -0.1) is 24.0 Å². The highest BCUT2D eigenvalue weighted by atomic mass is 127. The number of guanidine groups is 1. The molecule has 0 radical (unpaired) electrons. The van der Waals surface area contributed by atoms with Crippen LogP contribution in [0.5, 0.6) is 0 Å². The summed E-state index contributed by atoms with van der Waals surface area (Å²) in [5, 5.41) is 6.85. The number of morpholine rings is 1. The minimum atomic E-state index is 0. The number of rotatable bonds is 9. The first-order valence-electron chi connectivity index (χ1n) is 10.8. The first-order chi connectivity index (χ1) is 13.8. The van der Waals surface area contributed by atoms with Crippen molar-refractivity contribution in [3.63, 3.8) is 0 Å². The van der Waals surface area contributed by atoms with E-state index in [2.05, 4.69) is 44.8 Å². The van der Waals surface area contributed by atoms with Crippen molar-refractivity contribution in [2.24, 2.45) is 4.99 Å². The Balaban J connectivity index is 0.00000300. The van der Waals surface area contributed by atoms with E-state index in [0.717, 1.165) is 64.9 Å². The van der Waals surface area contributed by atoms with Gasteiger partial charge in [0.15, 0.2) is 5.96 Å². The van der Waals surface area contributed by atoms with Crippen molar-refractivity contribution < 1.29 is 9.47 Å². The van der Waals surface area contributed by atoms with Crippen molar-refractivity contribution in [1.29, 1.82) is 0 Å². The van der Waals surface area contributed by atoms with Crippen LogP contribution in [0.1, 0.15) is 43.2 Å². The molecule has 1 saturated heterocycles. The summed E-state index contributed by atoms with van der Waals surface area (Å²) in [5.41, 5.74) is 2.69. The Morgan fingerprint density at radius 2 is 1.86 bits per heavy atom. The number of nitrogens with zero attached hydrogens (tertiary/aromatic N) is 2. The first-order valence-corrected chi connectivity index (χ1v) is 10.8. The van der Waals surface area contributed by atoms with Gasteiger partial charge < -0.3 is 20.1 Å². The number of halogens is 1. The summed E-state index contributed by atoms with van der Waals surface area (Å²) in [6.07, 6.45) is 6.63. The van der Waals surface area contributed by atoms with Gasteiger partial charge in [-0.25, -0.2) is 0 Å². The van der Waals surface area contributed by atoms with E-state index in [1.165, 1.54) is 36.8 Å². The Kier molecular flexibility index (Phi) is 11.9. The fourth-order valence-electron chi connectivity index (χ4n) is 3.87. The molecule has 0 bridgehead atoms. The van der Waals surface area contributed by atoms with Crippen LogP contribution < -0.4 is 10.6 Å². The van der Waals surface area contributed by atoms with Crippen LogP contribution >= 0.6 is 24.0 Å². The summed E-state index contributed by atoms with van der Waals surface area (Å²) in [6, 6.07) is 8.65. The number of nitrogens with one attached hydrogen (secondary N) is 2. The van der Waals surface area contributed by atoms with E-state index >= 15 is 0 Å². The average Bonchev–Trinajstić information content (AvgIpc) is 3.25. The molecule has 0 spiro atoms. The lowest BCUT2D eigenvalue weighted by Gasteiger charge is -2.27. The van der Waals surface area contributed by atoms with Gasteiger partial charge in [0.05, 0.1) is 19.3 Å². The predicted molar refractivity (Wildman–Crippen MR) is 129 cm³/mol. The summed E-state index contributed by atoms with van der Waals surface area (Å²) in [4.78, 5) is 6.81. The molecule has 1 aromatic carbocycles. The minimum absolute atomic E-state index is 0. The molecule has 0 unspecified atom stereocenters. The lowest BCUT2D eigenvalue weighted by molar-refractivity contribution is 0.0341. The Labute approximate surface area is 192 Å². The topological polar surface area (TPSA) is 58.1 Å². The van der Waals surface area contributed by atoms with E-state index < -0.39 is 0 Å². The number of hydrogen-bond donors (Lipinski definition) is 2. The molecular formula is C22H37IN4O2. The molecule has 7 heteroatoms. The molecule has 2 N–H and O–H groups in total. The molecule has 0 atom stereocenters. The second-order valence-electron chi connectivity index (χ2n) is 7.64. The maximum absolute atomic E-state index is 5.92. The van der Waals surface area contributed by atoms with E-state index in [9.17, 15) is 0 Å². The van der Waals surface area contributed by atoms with Gasteiger partial charge >= 0.3 is 0 Å². The zero-order valence-electron chi connectivity index (χ0n) is 17.7. The molecule has 2 aliphatic rings. The monoisotopic (exact) mass is 516 g/mol. The molecular weight excluding hydrogens is 479 g/mol. The number of hydrogen-bond acceptors (Lipinski definition) is 4. The molecule has 0 amide bonds. The van der Waals surface area contributed by atoms with Crippen LogP contribution in [0.25, 0.3) is 0 Å². The summed E-state index contributed by atoms with van der Waals surface area (Å²) < 4.78 is 11.4. The maximum Gasteiger partial charge on any atom is 0.191 e. The van der Waals surface area contributed by atoms with Gasteiger partial charge in [0, 0.05) is 46.4 Å². The molecule has 1 aliphatic carbocycles. The number of ether oxygens (including phenoxy) is 2. The summed E-state index contributed by atoms with van der Waals surface area (Å²) in [7, 11) is 1.82. The molecule has 29 heavy (non-hydrogen) atoms. The van der Waals surface area contributed by atoms with Crippen LogP contribution in [0.4, 0.5) is 0 Å². The lowest BCUT2D eigenvalue weighted by atomic mass is 10.1. The number of benzene rings is 1. The highest BCUT2D eigenvalue weighted by Crippen LogP contribution is 2.20. The van der Waals surface area contributed by atoms with E-state index in [1.807, 2.05) is 7.05 Å². The van der Waals surface area contributed by atoms with Gasteiger partial charge in [0.25, 0.3) is 0 Å². The van der Waals surface area contributed by atoms with E-state index in [-0.39, 0.29) is 24.0 Å². The maximum atomic E-state index is 5.92. The Bertz CT molecular complexity index is 602. The standard InChI is InChI=1S/C22H36N4O2.HI/c1-23-22(24-11-6-14-28-21-9-4-5-10-21)25-17-19-7-2-3-8-20(19)18-26-12-15-27-16-13-26;/h2-3,7-8,21H,4-6,9-18H2,1H3,(H2,23,24,25);1H. The summed E-state index contributed by atoms with van der Waals surface area (Å²) in [6.45, 7) is 7.15. The van der Waals surface area contributed by atoms with Crippen molar-refractivity contribution in [2.45, 2.75) is 51.3 Å². The van der Waals surface area contributed by atoms with Gasteiger partial charge in [0.2, 0.25) is 0 Å². The molecule has 164 valence electrons. The Hall–Kier alpha value is -0.900. The molecule has 3 rings (SSSR count). The third-order valence-electron chi connectivity index (χ3n) is 5.56. The second kappa shape index (κ2) is 14.2. The van der Waals surface area contributed by atoms with Crippen LogP contribution in [0, 0.1) is 0 Å². The van der Waals surface area contributed by atoms with Crippen molar-refractivity contribution in [3.8, 4) is 0 Å². The van der Waals surface area contributed by atoms with Gasteiger partial charge in [-0.2, -0.15) is 0 Å². The molecule has 0 aromatic heterocycles. The first kappa shape index (κ1) is 24.4. The molecule has 1 heterocycles. The van der Waals surface area contributed by atoms with Crippen LogP contribution in [0.15, 0.2) is 29.3 Å². The normalized spacial score (nSPS) is 18.4. The Morgan fingerprint density at radius 1 is 1.14 bits per heavy atom. The summed E-state index contributed by atoms with van der Waals surface area (Å²) in [5.74, 6) is 0.849. The number of aliphatic imine (C=N–C) groups is 1. The van der Waals surface area contributed by atoms with E-state index in [0.29, 0.717) is 6.10 Å². The van der Waals surface area contributed by atoms with Crippen molar-refractivity contribution in [2.75, 3.05) is 46.5 Å². The molecule has 2 fully saturated rings. The van der Waals surface area contributed by atoms with Gasteiger partial charge in [0.1, 0.15) is 0 Å². The fraction of sp³-hybridized carbons (Fsp3) is 0.682. The van der Waals surface area contributed by atoms with E-state index in [1.54, 1.807) is 0 Å². The van der Waals surface area contributed by atoms with Crippen LogP contribution in [-0.4, -0.2) is 63.5 Å². The molecule has 1 aliphatic heterocycles. The zero-order valence-corrected chi connectivity index (χ0v) is 20.0. The predicted octanol–water partition coefficient (Wildman–Crippen LogP) is 3.15. The van der Waals surface area contributed by atoms with Crippen molar-refractivity contribution in [1.82, 2.24) is 15.5 Å². The van der Waals surface area contributed by atoms with Crippen LogP contribution in [-0.2, 0) is 22.6 Å². The van der Waals surface area contributed by atoms with Gasteiger partial charge in [-0.3, -0.25) is 9.89 Å². The average molecular weight is 516 g/mol. The third-order valence-corrected chi connectivity index (χ3v) is 5.56. The van der Waals surface area contributed by atoms with Crippen LogP contribution in [0.3, 0.4) is 0 Å². The van der Waals surface area contributed by atoms with Gasteiger partial charge in [-0.1, -0.05) is 37.1 Å². The minimum Gasteiger partial charge on any atom is -0.379 e. The third kappa shape index (κ3) is 8.78. The second-order valence-corrected chi connectivity index (χ2v) is 7.64. The molecule has 1 aromatic rings. The Morgan fingerprint density at radius 3 is 2.59 bits per heavy atom. The highest BCUT2D eigenvalue weighted by molar-refractivity contribution is 14.0. The molecule has 6 nitrogen and oxygen atoms in total. The lowest BCUT2D eigenvalue weighted by Crippen LogP contribution is -2.38. The van der Waals surface area contributed by atoms with Crippen molar-refractivity contribution in [3.05, 3.63) is 35.4 Å². The molecule has 1 saturated carbocycles. The van der Waals surface area contributed by atoms with E-state index in [4.69, 9.17) is 9.47 Å².